The molecule has 0 saturated carbocycles. The van der Waals surface area contributed by atoms with Crippen LogP contribution >= 0.6 is 0 Å². The third-order valence-corrected chi connectivity index (χ3v) is 4.10. The van der Waals surface area contributed by atoms with Gasteiger partial charge in [-0.1, -0.05) is 36.4 Å². The molecule has 1 unspecified atom stereocenters. The normalized spacial score (nSPS) is 17.1. The first-order valence-electron chi connectivity index (χ1n) is 7.32. The van der Waals surface area contributed by atoms with Crippen molar-refractivity contribution in [1.29, 1.82) is 0 Å². The molecular formula is C18H21NO2. The number of fused-ring (bicyclic) bond motifs is 1. The average Bonchev–Trinajstić information content (AvgIpc) is 2.54. The number of hydrogen-bond acceptors (Lipinski definition) is 3. The molecule has 21 heavy (non-hydrogen) atoms. The lowest BCUT2D eigenvalue weighted by molar-refractivity contribution is 0.345. The van der Waals surface area contributed by atoms with E-state index in [1.54, 1.807) is 14.2 Å². The van der Waals surface area contributed by atoms with Crippen molar-refractivity contribution in [2.45, 2.75) is 25.4 Å². The van der Waals surface area contributed by atoms with Crippen LogP contribution in [0.25, 0.3) is 0 Å². The van der Waals surface area contributed by atoms with Crippen LogP contribution in [0.2, 0.25) is 0 Å². The Morgan fingerprint density at radius 2 is 1.86 bits per heavy atom. The maximum absolute atomic E-state index is 5.58. The molecule has 1 atom stereocenters. The molecule has 3 heteroatoms. The second kappa shape index (κ2) is 6.19. The van der Waals surface area contributed by atoms with Crippen molar-refractivity contribution in [1.82, 2.24) is 5.32 Å². The second-order valence-electron chi connectivity index (χ2n) is 5.41. The summed E-state index contributed by atoms with van der Waals surface area (Å²) in [5.74, 6) is 1.70. The molecule has 2 aromatic carbocycles. The molecule has 1 heterocycles. The number of methoxy groups -OCH3 is 2. The molecule has 1 aliphatic rings. The van der Waals surface area contributed by atoms with Crippen LogP contribution in [-0.2, 0) is 19.4 Å². The predicted molar refractivity (Wildman–Crippen MR) is 84.0 cm³/mol. The van der Waals surface area contributed by atoms with E-state index >= 15 is 0 Å². The summed E-state index contributed by atoms with van der Waals surface area (Å²) in [4.78, 5) is 0. The van der Waals surface area contributed by atoms with Crippen molar-refractivity contribution in [3.63, 3.8) is 0 Å². The highest BCUT2D eigenvalue weighted by Crippen LogP contribution is 2.36. The molecule has 3 rings (SSSR count). The van der Waals surface area contributed by atoms with Gasteiger partial charge in [0.2, 0.25) is 0 Å². The number of ether oxygens (including phenoxy) is 2. The molecule has 1 N–H and O–H groups in total. The van der Waals surface area contributed by atoms with Gasteiger partial charge in [-0.15, -0.1) is 0 Å². The fourth-order valence-corrected chi connectivity index (χ4v) is 3.04. The van der Waals surface area contributed by atoms with E-state index in [2.05, 4.69) is 41.7 Å². The third kappa shape index (κ3) is 2.88. The Kier molecular flexibility index (Phi) is 4.11. The summed E-state index contributed by atoms with van der Waals surface area (Å²) in [7, 11) is 3.40. The topological polar surface area (TPSA) is 30.5 Å². The molecule has 0 amide bonds. The predicted octanol–water partition coefficient (Wildman–Crippen LogP) is 2.96. The summed E-state index contributed by atoms with van der Waals surface area (Å²) < 4.78 is 11.0. The van der Waals surface area contributed by atoms with Crippen LogP contribution in [0.1, 0.15) is 16.7 Å². The van der Waals surface area contributed by atoms with Gasteiger partial charge in [-0.3, -0.25) is 0 Å². The Balaban J connectivity index is 1.84. The van der Waals surface area contributed by atoms with E-state index in [9.17, 15) is 0 Å². The molecule has 0 bridgehead atoms. The molecule has 1 aliphatic heterocycles. The number of rotatable bonds is 4. The third-order valence-electron chi connectivity index (χ3n) is 4.10. The van der Waals surface area contributed by atoms with Gasteiger partial charge in [0.1, 0.15) is 0 Å². The van der Waals surface area contributed by atoms with E-state index in [0.29, 0.717) is 6.04 Å². The van der Waals surface area contributed by atoms with E-state index in [0.717, 1.165) is 30.9 Å². The summed E-state index contributed by atoms with van der Waals surface area (Å²) in [5, 5.41) is 3.62. The van der Waals surface area contributed by atoms with Crippen molar-refractivity contribution < 1.29 is 9.47 Å². The molecular weight excluding hydrogens is 262 g/mol. The van der Waals surface area contributed by atoms with E-state index < -0.39 is 0 Å². The highest BCUT2D eigenvalue weighted by atomic mass is 16.5. The van der Waals surface area contributed by atoms with Gasteiger partial charge in [0, 0.05) is 18.2 Å². The summed E-state index contributed by atoms with van der Waals surface area (Å²) in [6.45, 7) is 0.882. The van der Waals surface area contributed by atoms with Crippen molar-refractivity contribution >= 4 is 0 Å². The molecule has 0 spiro atoms. The van der Waals surface area contributed by atoms with Crippen LogP contribution in [0.15, 0.2) is 42.5 Å². The molecule has 110 valence electrons. The number of hydrogen-bond donors (Lipinski definition) is 1. The Morgan fingerprint density at radius 1 is 1.05 bits per heavy atom. The molecule has 0 aliphatic carbocycles. The van der Waals surface area contributed by atoms with Crippen LogP contribution in [0.3, 0.4) is 0 Å². The first-order valence-corrected chi connectivity index (χ1v) is 7.32. The van der Waals surface area contributed by atoms with Crippen molar-refractivity contribution in [2.75, 3.05) is 14.2 Å². The zero-order chi connectivity index (χ0) is 14.7. The maximum Gasteiger partial charge on any atom is 0.164 e. The smallest absolute Gasteiger partial charge is 0.164 e. The van der Waals surface area contributed by atoms with Gasteiger partial charge in [-0.2, -0.15) is 0 Å². The van der Waals surface area contributed by atoms with Gasteiger partial charge in [0.05, 0.1) is 14.2 Å². The molecule has 0 saturated heterocycles. The van der Waals surface area contributed by atoms with E-state index in [-0.39, 0.29) is 0 Å². The monoisotopic (exact) mass is 283 g/mol. The quantitative estimate of drug-likeness (QED) is 0.936. The first-order chi connectivity index (χ1) is 10.3. The minimum atomic E-state index is 0.431. The molecule has 0 radical (unpaired) electrons. The van der Waals surface area contributed by atoms with Crippen LogP contribution in [0.5, 0.6) is 11.5 Å². The zero-order valence-electron chi connectivity index (χ0n) is 12.6. The lowest BCUT2D eigenvalue weighted by atomic mass is 9.91. The molecule has 0 aromatic heterocycles. The Bertz CT molecular complexity index is 610. The summed E-state index contributed by atoms with van der Waals surface area (Å²) in [6, 6.07) is 15.1. The van der Waals surface area contributed by atoms with Crippen LogP contribution < -0.4 is 14.8 Å². The van der Waals surface area contributed by atoms with E-state index in [1.807, 2.05) is 6.07 Å². The van der Waals surface area contributed by atoms with Crippen molar-refractivity contribution in [3.05, 3.63) is 59.2 Å². The van der Waals surface area contributed by atoms with E-state index in [1.165, 1.54) is 16.7 Å². The Morgan fingerprint density at radius 3 is 2.57 bits per heavy atom. The summed E-state index contributed by atoms with van der Waals surface area (Å²) in [6.07, 6.45) is 1.99. The van der Waals surface area contributed by atoms with Crippen molar-refractivity contribution in [2.24, 2.45) is 0 Å². The van der Waals surface area contributed by atoms with Crippen molar-refractivity contribution in [3.8, 4) is 11.5 Å². The van der Waals surface area contributed by atoms with Crippen LogP contribution in [-0.4, -0.2) is 20.3 Å². The minimum Gasteiger partial charge on any atom is -0.493 e. The zero-order valence-corrected chi connectivity index (χ0v) is 12.6. The van der Waals surface area contributed by atoms with E-state index in [4.69, 9.17) is 9.47 Å². The lowest BCUT2D eigenvalue weighted by Gasteiger charge is -2.28. The fraction of sp³-hybridized carbons (Fsp3) is 0.333. The lowest BCUT2D eigenvalue weighted by Crippen LogP contribution is -2.37. The maximum atomic E-state index is 5.58. The average molecular weight is 283 g/mol. The van der Waals surface area contributed by atoms with Gasteiger partial charge in [0.25, 0.3) is 0 Å². The minimum absolute atomic E-state index is 0.431. The summed E-state index contributed by atoms with van der Waals surface area (Å²) >= 11 is 0. The van der Waals surface area contributed by atoms with Gasteiger partial charge < -0.3 is 14.8 Å². The standard InChI is InChI=1S/C18H21NO2/c1-20-17-9-8-14-12-19-15(11-16(14)18(17)21-2)10-13-6-4-3-5-7-13/h3-9,15,19H,10-12H2,1-2H3. The molecule has 0 fully saturated rings. The number of benzene rings is 2. The highest BCUT2D eigenvalue weighted by Gasteiger charge is 2.23. The molecule has 2 aromatic rings. The summed E-state index contributed by atoms with van der Waals surface area (Å²) in [5.41, 5.74) is 3.94. The SMILES string of the molecule is COc1ccc2c(c1OC)CC(Cc1ccccc1)NC2. The van der Waals surface area contributed by atoms with Crippen LogP contribution in [0.4, 0.5) is 0 Å². The van der Waals surface area contributed by atoms with Gasteiger partial charge in [0.15, 0.2) is 11.5 Å². The Labute approximate surface area is 125 Å². The molecule has 3 nitrogen and oxygen atoms in total. The van der Waals surface area contributed by atoms with Gasteiger partial charge >= 0.3 is 0 Å². The first kappa shape index (κ1) is 14.0. The van der Waals surface area contributed by atoms with Crippen LogP contribution in [0, 0.1) is 0 Å². The highest BCUT2D eigenvalue weighted by molar-refractivity contribution is 5.52. The van der Waals surface area contributed by atoms with Gasteiger partial charge in [-0.25, -0.2) is 0 Å². The number of nitrogens with one attached hydrogen (secondary N) is 1. The fourth-order valence-electron chi connectivity index (χ4n) is 3.04. The second-order valence-corrected chi connectivity index (χ2v) is 5.41. The Hall–Kier alpha value is -2.00. The van der Waals surface area contributed by atoms with Gasteiger partial charge in [-0.05, 0) is 30.0 Å². The largest absolute Gasteiger partial charge is 0.493 e.